The molecule has 0 aromatic carbocycles. The van der Waals surface area contributed by atoms with Gasteiger partial charge in [-0.05, 0) is 12.1 Å². The van der Waals surface area contributed by atoms with Crippen LogP contribution in [0.15, 0.2) is 12.2 Å². The maximum Gasteiger partial charge on any atom is 0.0485 e. The van der Waals surface area contributed by atoms with Crippen molar-refractivity contribution < 1.29 is 5.48 Å². The smallest absolute Gasteiger partial charge is 0.0485 e. The van der Waals surface area contributed by atoms with Crippen LogP contribution in [0.3, 0.4) is 0 Å². The van der Waals surface area contributed by atoms with Crippen LogP contribution in [-0.4, -0.2) is 21.6 Å². The highest BCUT2D eigenvalue weighted by atomic mass is 28.4. The van der Waals surface area contributed by atoms with Crippen LogP contribution in [-0.2, 0) is 0 Å². The third kappa shape index (κ3) is 5.44. The first-order chi connectivity index (χ1) is 5.19. The molecule has 0 radical (unpaired) electrons. The average molecular weight is 218 g/mol. The normalized spacial score (nSPS) is 13.5. The summed E-state index contributed by atoms with van der Waals surface area (Å²) in [6.45, 7) is 17.0. The lowest BCUT2D eigenvalue weighted by atomic mass is 10.6. The van der Waals surface area contributed by atoms with Gasteiger partial charge in [-0.25, -0.2) is 0 Å². The third-order valence-electron chi connectivity index (χ3n) is 2.25. The van der Waals surface area contributed by atoms with Crippen molar-refractivity contribution >= 4 is 16.1 Å². The quantitative estimate of drug-likeness (QED) is 0.514. The van der Waals surface area contributed by atoms with Gasteiger partial charge in [0.05, 0.1) is 0 Å². The molecule has 0 fully saturated rings. The van der Waals surface area contributed by atoms with E-state index in [1.54, 1.807) is 0 Å². The molecule has 13 heavy (non-hydrogen) atoms. The maximum atomic E-state index is 2.48. The molecule has 1 nitrogen and oxygen atoms in total. The minimum atomic E-state index is -0.968. The summed E-state index contributed by atoms with van der Waals surface area (Å²) < 4.78 is 0. The van der Waals surface area contributed by atoms with Crippen molar-refractivity contribution in [2.45, 2.75) is 51.4 Å². The fourth-order valence-corrected chi connectivity index (χ4v) is 14.0. The molecule has 0 aliphatic carbocycles. The topological polar surface area (TPSA) is 31.5 Å². The Kier molecular flexibility index (Phi) is 6.15. The van der Waals surface area contributed by atoms with E-state index in [4.69, 9.17) is 0 Å². The lowest BCUT2D eigenvalue weighted by molar-refractivity contribution is 0.824. The molecule has 0 saturated carbocycles. The molecule has 3 heteroatoms. The molecular formula is C10H26OSi2. The van der Waals surface area contributed by atoms with E-state index in [9.17, 15) is 0 Å². The highest BCUT2D eigenvalue weighted by Crippen LogP contribution is 2.33. The first kappa shape index (κ1) is 15.6. The van der Waals surface area contributed by atoms with Crippen LogP contribution in [0.1, 0.15) is 6.92 Å². The summed E-state index contributed by atoms with van der Waals surface area (Å²) in [5.41, 5.74) is 0. The molecule has 0 aromatic heterocycles. The van der Waals surface area contributed by atoms with E-state index >= 15 is 0 Å². The number of rotatable bonds is 3. The maximum absolute atomic E-state index is 2.48. The summed E-state index contributed by atoms with van der Waals surface area (Å²) >= 11 is 0. The molecule has 0 aliphatic heterocycles. The van der Waals surface area contributed by atoms with Gasteiger partial charge in [0.2, 0.25) is 0 Å². The Balaban J connectivity index is 0. The van der Waals surface area contributed by atoms with Crippen LogP contribution in [0.4, 0.5) is 0 Å². The van der Waals surface area contributed by atoms with Gasteiger partial charge < -0.3 is 5.48 Å². The van der Waals surface area contributed by atoms with E-state index in [1.807, 2.05) is 0 Å². The molecule has 0 aromatic rings. The van der Waals surface area contributed by atoms with Crippen molar-refractivity contribution in [2.24, 2.45) is 0 Å². The van der Waals surface area contributed by atoms with Gasteiger partial charge in [-0.1, -0.05) is 51.4 Å². The minimum absolute atomic E-state index is 0. The van der Waals surface area contributed by atoms with Crippen LogP contribution < -0.4 is 0 Å². The summed E-state index contributed by atoms with van der Waals surface area (Å²) in [5, 5.41) is 0.926. The fraction of sp³-hybridized carbons (Fsp3) is 0.800. The number of hydrogen-bond donors (Lipinski definition) is 0. The number of allylic oxidation sites excluding steroid dienone is 2. The largest absolute Gasteiger partial charge is 0.412 e. The Morgan fingerprint density at radius 3 is 1.23 bits per heavy atom. The highest BCUT2D eigenvalue weighted by molar-refractivity contribution is 6.96. The molecule has 0 aliphatic rings. The van der Waals surface area contributed by atoms with Gasteiger partial charge in [0.15, 0.2) is 0 Å². The third-order valence-corrected chi connectivity index (χ3v) is 11.6. The Morgan fingerprint density at radius 1 is 0.846 bits per heavy atom. The van der Waals surface area contributed by atoms with Crippen molar-refractivity contribution in [3.8, 4) is 0 Å². The molecule has 80 valence electrons. The van der Waals surface area contributed by atoms with Gasteiger partial charge in [-0.3, -0.25) is 0 Å². The van der Waals surface area contributed by atoms with E-state index in [0.717, 1.165) is 5.16 Å². The van der Waals surface area contributed by atoms with Crippen molar-refractivity contribution in [3.63, 3.8) is 0 Å². The summed E-state index contributed by atoms with van der Waals surface area (Å²) in [5.74, 6) is 0. The lowest BCUT2D eigenvalue weighted by Gasteiger charge is -2.36. The number of hydrogen-bond acceptors (Lipinski definition) is 0. The minimum Gasteiger partial charge on any atom is -0.412 e. The van der Waals surface area contributed by atoms with Crippen molar-refractivity contribution in [1.82, 2.24) is 0 Å². The molecule has 0 rings (SSSR count). The van der Waals surface area contributed by atoms with E-state index in [-0.39, 0.29) is 5.48 Å². The van der Waals surface area contributed by atoms with E-state index < -0.39 is 16.1 Å². The average Bonchev–Trinajstić information content (AvgIpc) is 1.77. The zero-order valence-electron chi connectivity index (χ0n) is 10.2. The molecule has 0 bridgehead atoms. The van der Waals surface area contributed by atoms with Gasteiger partial charge in [0.1, 0.15) is 0 Å². The zero-order chi connectivity index (χ0) is 9.99. The first-order valence-electron chi connectivity index (χ1n) is 4.82. The molecule has 0 amide bonds. The molecule has 0 heterocycles. The zero-order valence-corrected chi connectivity index (χ0v) is 12.2. The van der Waals surface area contributed by atoms with Crippen LogP contribution in [0, 0.1) is 0 Å². The van der Waals surface area contributed by atoms with Crippen molar-refractivity contribution in [2.75, 3.05) is 0 Å². The summed E-state index contributed by atoms with van der Waals surface area (Å²) in [7, 11) is -1.94. The Bertz CT molecular complexity index is 149. The van der Waals surface area contributed by atoms with Gasteiger partial charge in [0, 0.05) is 16.1 Å². The van der Waals surface area contributed by atoms with Gasteiger partial charge in [-0.2, -0.15) is 0 Å². The van der Waals surface area contributed by atoms with Crippen LogP contribution in [0.2, 0.25) is 44.4 Å². The van der Waals surface area contributed by atoms with Crippen molar-refractivity contribution in [1.29, 1.82) is 0 Å². The van der Waals surface area contributed by atoms with Crippen LogP contribution in [0.25, 0.3) is 0 Å². The summed E-state index contributed by atoms with van der Waals surface area (Å²) in [4.78, 5) is 0. The molecule has 0 spiro atoms. The van der Waals surface area contributed by atoms with E-state index in [1.165, 1.54) is 0 Å². The van der Waals surface area contributed by atoms with Crippen molar-refractivity contribution in [3.05, 3.63) is 12.2 Å². The van der Waals surface area contributed by atoms with Crippen LogP contribution in [0.5, 0.6) is 0 Å². The predicted molar refractivity (Wildman–Crippen MR) is 68.9 cm³/mol. The first-order valence-corrected chi connectivity index (χ1v) is 12.0. The van der Waals surface area contributed by atoms with E-state index in [0.29, 0.717) is 0 Å². The summed E-state index contributed by atoms with van der Waals surface area (Å²) in [6.07, 6.45) is 4.69. The van der Waals surface area contributed by atoms with Gasteiger partial charge >= 0.3 is 0 Å². The monoisotopic (exact) mass is 218 g/mol. The predicted octanol–water partition coefficient (Wildman–Crippen LogP) is 3.32. The second-order valence-electron chi connectivity index (χ2n) is 5.74. The molecule has 0 unspecified atom stereocenters. The Morgan fingerprint density at radius 2 is 1.15 bits per heavy atom. The standard InChI is InChI=1S/C10H24Si2.H2O/c1-8-9-10(11(2,3)4)12(5,6)7;/h8-10H,1-7H3;1H2. The Labute approximate surface area is 85.6 Å². The second kappa shape index (κ2) is 5.12. The lowest BCUT2D eigenvalue weighted by Crippen LogP contribution is -2.42. The molecular weight excluding hydrogens is 192 g/mol. The highest BCUT2D eigenvalue weighted by Gasteiger charge is 2.34. The molecule has 0 atom stereocenters. The summed E-state index contributed by atoms with van der Waals surface area (Å²) in [6, 6.07) is 0. The van der Waals surface area contributed by atoms with E-state index in [2.05, 4.69) is 58.4 Å². The fourth-order valence-electron chi connectivity index (χ4n) is 2.07. The van der Waals surface area contributed by atoms with Gasteiger partial charge in [0.25, 0.3) is 0 Å². The molecule has 2 N–H and O–H groups in total. The van der Waals surface area contributed by atoms with Crippen LogP contribution >= 0.6 is 0 Å². The molecule has 0 saturated heterocycles. The Hall–Kier alpha value is 0.134. The second-order valence-corrected chi connectivity index (χ2v) is 17.0. The van der Waals surface area contributed by atoms with Gasteiger partial charge in [-0.15, -0.1) is 0 Å². The SMILES string of the molecule is CC=CC([Si](C)(C)C)[Si](C)(C)C.O.